The molecular formula is C17H18ClN5O2. The van der Waals surface area contributed by atoms with Gasteiger partial charge in [0, 0.05) is 18.4 Å². The second-order valence-electron chi connectivity index (χ2n) is 6.82. The van der Waals surface area contributed by atoms with Gasteiger partial charge in [-0.25, -0.2) is 15.0 Å². The molecule has 0 unspecified atom stereocenters. The second kappa shape index (κ2) is 6.15. The van der Waals surface area contributed by atoms with Crippen LogP contribution < -0.4 is 15.8 Å². The summed E-state index contributed by atoms with van der Waals surface area (Å²) in [4.78, 5) is 23.9. The van der Waals surface area contributed by atoms with Crippen molar-refractivity contribution in [2.75, 3.05) is 5.32 Å². The van der Waals surface area contributed by atoms with Crippen LogP contribution in [0, 0.1) is 5.41 Å². The molecule has 130 valence electrons. The van der Waals surface area contributed by atoms with Crippen LogP contribution in [-0.2, 0) is 0 Å². The molecule has 2 aromatic heterocycles. The van der Waals surface area contributed by atoms with E-state index in [1.165, 1.54) is 0 Å². The van der Waals surface area contributed by atoms with Gasteiger partial charge < -0.3 is 15.8 Å². The number of ether oxygens (including phenoxy) is 1. The quantitative estimate of drug-likeness (QED) is 0.795. The zero-order chi connectivity index (χ0) is 17.4. The van der Waals surface area contributed by atoms with Crippen LogP contribution in [0.2, 0.25) is 5.15 Å². The largest absolute Gasteiger partial charge is 0.474 e. The van der Waals surface area contributed by atoms with Crippen molar-refractivity contribution < 1.29 is 9.53 Å². The minimum atomic E-state index is -0.522. The van der Waals surface area contributed by atoms with Gasteiger partial charge in [-0.3, -0.25) is 4.79 Å². The smallest absolute Gasteiger partial charge is 0.254 e. The summed E-state index contributed by atoms with van der Waals surface area (Å²) in [6, 6.07) is 5.32. The van der Waals surface area contributed by atoms with E-state index in [-0.39, 0.29) is 6.10 Å². The van der Waals surface area contributed by atoms with Crippen molar-refractivity contribution in [1.29, 1.82) is 0 Å². The van der Waals surface area contributed by atoms with Crippen LogP contribution >= 0.6 is 11.6 Å². The summed E-state index contributed by atoms with van der Waals surface area (Å²) >= 11 is 5.87. The first-order valence-electron chi connectivity index (χ1n) is 8.20. The maximum atomic E-state index is 11.4. The normalized spacial score (nSPS) is 27.2. The van der Waals surface area contributed by atoms with E-state index in [1.807, 2.05) is 0 Å². The van der Waals surface area contributed by atoms with Gasteiger partial charge in [-0.05, 0) is 49.3 Å². The Kier molecular flexibility index (Phi) is 3.95. The molecular weight excluding hydrogens is 342 g/mol. The van der Waals surface area contributed by atoms with Crippen LogP contribution in [0.25, 0.3) is 0 Å². The Balaban J connectivity index is 1.28. The average molecular weight is 360 g/mol. The minimum absolute atomic E-state index is 0.0800. The Morgan fingerprint density at radius 3 is 2.76 bits per heavy atom. The summed E-state index contributed by atoms with van der Waals surface area (Å²) in [5.74, 6) is 0.377. The van der Waals surface area contributed by atoms with E-state index in [2.05, 4.69) is 20.3 Å². The fourth-order valence-electron chi connectivity index (χ4n) is 3.83. The summed E-state index contributed by atoms with van der Waals surface area (Å²) in [6.45, 7) is 0. The highest BCUT2D eigenvalue weighted by Crippen LogP contribution is 2.57. The minimum Gasteiger partial charge on any atom is -0.474 e. The van der Waals surface area contributed by atoms with Gasteiger partial charge in [0.15, 0.2) is 0 Å². The number of nitrogens with two attached hydrogens (primary N) is 1. The Morgan fingerprint density at radius 2 is 2.04 bits per heavy atom. The lowest BCUT2D eigenvalue weighted by molar-refractivity contribution is -0.0760. The number of hydrogen-bond donors (Lipinski definition) is 2. The average Bonchev–Trinajstić information content (AvgIpc) is 2.51. The van der Waals surface area contributed by atoms with E-state index in [9.17, 15) is 4.79 Å². The molecule has 2 saturated carbocycles. The Bertz CT molecular complexity index is 801. The second-order valence-corrected chi connectivity index (χ2v) is 7.21. The highest BCUT2D eigenvalue weighted by Gasteiger charge is 2.54. The molecule has 3 N–H and O–H groups in total. The van der Waals surface area contributed by atoms with Crippen molar-refractivity contribution in [3.05, 3.63) is 41.3 Å². The topological polar surface area (TPSA) is 103 Å². The number of halogens is 1. The van der Waals surface area contributed by atoms with Gasteiger partial charge in [-0.2, -0.15) is 0 Å². The Labute approximate surface area is 150 Å². The van der Waals surface area contributed by atoms with Gasteiger partial charge in [-0.1, -0.05) is 11.6 Å². The van der Waals surface area contributed by atoms with Crippen LogP contribution in [0.1, 0.15) is 36.0 Å². The molecule has 2 aliphatic rings. The molecule has 2 aliphatic carbocycles. The molecule has 8 heteroatoms. The first kappa shape index (κ1) is 16.1. The predicted octanol–water partition coefficient (Wildman–Crippen LogP) is 2.43. The number of carbonyl (C=O) groups is 1. The van der Waals surface area contributed by atoms with E-state index in [4.69, 9.17) is 22.1 Å². The lowest BCUT2D eigenvalue weighted by atomic mass is 9.53. The molecule has 7 nitrogen and oxygen atoms in total. The number of carbonyl (C=O) groups excluding carboxylic acids is 1. The molecule has 2 heterocycles. The number of nitrogens with one attached hydrogen (secondary N) is 1. The fourth-order valence-corrected chi connectivity index (χ4v) is 3.97. The number of nitrogens with zero attached hydrogens (tertiary/aromatic N) is 3. The van der Waals surface area contributed by atoms with Crippen molar-refractivity contribution in [3.63, 3.8) is 0 Å². The lowest BCUT2D eigenvalue weighted by Gasteiger charge is -2.57. The van der Waals surface area contributed by atoms with Crippen LogP contribution in [0.5, 0.6) is 5.88 Å². The van der Waals surface area contributed by atoms with Crippen molar-refractivity contribution in [3.8, 4) is 5.88 Å². The number of primary amides is 1. The maximum absolute atomic E-state index is 11.4. The van der Waals surface area contributed by atoms with E-state index < -0.39 is 5.91 Å². The molecule has 0 radical (unpaired) electrons. The van der Waals surface area contributed by atoms with E-state index in [0.29, 0.717) is 34.0 Å². The van der Waals surface area contributed by atoms with Crippen molar-refractivity contribution >= 4 is 23.5 Å². The number of anilines is 1. The summed E-state index contributed by atoms with van der Waals surface area (Å²) < 4.78 is 5.87. The van der Waals surface area contributed by atoms with Crippen molar-refractivity contribution in [1.82, 2.24) is 15.0 Å². The zero-order valence-corrected chi connectivity index (χ0v) is 14.2. The van der Waals surface area contributed by atoms with Gasteiger partial charge in [0.25, 0.3) is 5.91 Å². The van der Waals surface area contributed by atoms with Crippen molar-refractivity contribution in [2.45, 2.75) is 37.8 Å². The summed E-state index contributed by atoms with van der Waals surface area (Å²) in [6.07, 6.45) is 7.33. The molecule has 0 bridgehead atoms. The van der Waals surface area contributed by atoms with Gasteiger partial charge in [0.1, 0.15) is 16.8 Å². The maximum Gasteiger partial charge on any atom is 0.254 e. The van der Waals surface area contributed by atoms with E-state index >= 15 is 0 Å². The third kappa shape index (κ3) is 3.24. The van der Waals surface area contributed by atoms with E-state index in [1.54, 1.807) is 30.6 Å². The summed E-state index contributed by atoms with van der Waals surface area (Å²) in [7, 11) is 0. The summed E-state index contributed by atoms with van der Waals surface area (Å²) in [5.41, 5.74) is 5.99. The molecule has 0 aromatic carbocycles. The molecule has 4 rings (SSSR count). The molecule has 2 aromatic rings. The molecule has 1 spiro atoms. The number of aromatic nitrogens is 3. The van der Waals surface area contributed by atoms with E-state index in [0.717, 1.165) is 25.7 Å². The lowest BCUT2D eigenvalue weighted by Crippen LogP contribution is -2.56. The van der Waals surface area contributed by atoms with Gasteiger partial charge in [0.05, 0.1) is 0 Å². The Morgan fingerprint density at radius 1 is 1.24 bits per heavy atom. The van der Waals surface area contributed by atoms with Crippen molar-refractivity contribution in [2.24, 2.45) is 11.1 Å². The van der Waals surface area contributed by atoms with Gasteiger partial charge in [0.2, 0.25) is 11.8 Å². The SMILES string of the molecule is NC(=O)c1cccnc1OC1CC2(CC(Nc3nccc(Cl)n3)C2)C1. The number of hydrogen-bond acceptors (Lipinski definition) is 6. The molecule has 0 saturated heterocycles. The van der Waals surface area contributed by atoms with Crippen LogP contribution in [-0.4, -0.2) is 33.0 Å². The molecule has 25 heavy (non-hydrogen) atoms. The zero-order valence-electron chi connectivity index (χ0n) is 13.5. The monoisotopic (exact) mass is 359 g/mol. The molecule has 2 fully saturated rings. The third-order valence-corrected chi connectivity index (χ3v) is 5.16. The molecule has 1 amide bonds. The predicted molar refractivity (Wildman–Crippen MR) is 92.5 cm³/mol. The number of pyridine rings is 1. The molecule has 0 aliphatic heterocycles. The standard InChI is InChI=1S/C17H18ClN5O2/c18-13-3-5-21-16(23-13)22-10-6-17(7-10)8-11(9-17)25-15-12(14(19)24)2-1-4-20-15/h1-5,10-11H,6-9H2,(H2,19,24)(H,21,22,23). The summed E-state index contributed by atoms with van der Waals surface area (Å²) in [5, 5.41) is 3.74. The van der Waals surface area contributed by atoms with Gasteiger partial charge >= 0.3 is 0 Å². The molecule has 0 atom stereocenters. The number of amides is 1. The highest BCUT2D eigenvalue weighted by atomic mass is 35.5. The van der Waals surface area contributed by atoms with Crippen LogP contribution in [0.4, 0.5) is 5.95 Å². The Hall–Kier alpha value is -2.41. The first-order valence-corrected chi connectivity index (χ1v) is 8.57. The van der Waals surface area contributed by atoms with Crippen LogP contribution in [0.15, 0.2) is 30.6 Å². The van der Waals surface area contributed by atoms with Gasteiger partial charge in [-0.15, -0.1) is 0 Å². The first-order chi connectivity index (χ1) is 12.0. The fraction of sp³-hybridized carbons (Fsp3) is 0.412. The van der Waals surface area contributed by atoms with Crippen LogP contribution in [0.3, 0.4) is 0 Å². The number of rotatable bonds is 5. The highest BCUT2D eigenvalue weighted by molar-refractivity contribution is 6.29. The third-order valence-electron chi connectivity index (χ3n) is 4.95.